The SMILES string of the molecule is CCOc1ccc(C2CNCC3(CCC(C)CC3)O2)cc1. The van der Waals surface area contributed by atoms with Gasteiger partial charge in [-0.3, -0.25) is 0 Å². The van der Waals surface area contributed by atoms with Crippen LogP contribution in [0.1, 0.15) is 51.2 Å². The van der Waals surface area contributed by atoms with E-state index in [1.165, 1.54) is 31.2 Å². The molecule has 1 spiro atoms. The summed E-state index contributed by atoms with van der Waals surface area (Å²) in [5.74, 6) is 1.79. The molecule has 1 aliphatic carbocycles. The maximum atomic E-state index is 6.55. The molecule has 116 valence electrons. The highest BCUT2D eigenvalue weighted by Crippen LogP contribution is 2.39. The van der Waals surface area contributed by atoms with Crippen LogP contribution in [-0.4, -0.2) is 25.3 Å². The molecule has 3 rings (SSSR count). The van der Waals surface area contributed by atoms with E-state index in [2.05, 4.69) is 24.4 Å². The molecule has 3 heteroatoms. The number of hydrogen-bond acceptors (Lipinski definition) is 3. The number of rotatable bonds is 3. The Morgan fingerprint density at radius 2 is 1.95 bits per heavy atom. The van der Waals surface area contributed by atoms with Crippen LogP contribution >= 0.6 is 0 Å². The van der Waals surface area contributed by atoms with Crippen LogP contribution in [0, 0.1) is 5.92 Å². The van der Waals surface area contributed by atoms with E-state index in [1.54, 1.807) is 0 Å². The number of ether oxygens (including phenoxy) is 2. The van der Waals surface area contributed by atoms with Crippen LogP contribution in [0.2, 0.25) is 0 Å². The van der Waals surface area contributed by atoms with Crippen LogP contribution in [0.4, 0.5) is 0 Å². The van der Waals surface area contributed by atoms with Gasteiger partial charge in [-0.05, 0) is 56.2 Å². The van der Waals surface area contributed by atoms with Crippen molar-refractivity contribution >= 4 is 0 Å². The van der Waals surface area contributed by atoms with Gasteiger partial charge in [-0.1, -0.05) is 19.1 Å². The molecule has 0 aromatic heterocycles. The number of nitrogens with one attached hydrogen (secondary N) is 1. The topological polar surface area (TPSA) is 30.5 Å². The second-order valence-corrected chi connectivity index (χ2v) is 6.60. The molecule has 1 saturated carbocycles. The third kappa shape index (κ3) is 3.41. The lowest BCUT2D eigenvalue weighted by Crippen LogP contribution is -2.52. The van der Waals surface area contributed by atoms with Gasteiger partial charge in [-0.2, -0.15) is 0 Å². The molecule has 1 heterocycles. The van der Waals surface area contributed by atoms with Crippen molar-refractivity contribution in [2.75, 3.05) is 19.7 Å². The van der Waals surface area contributed by atoms with Crippen molar-refractivity contribution in [1.29, 1.82) is 0 Å². The molecule has 21 heavy (non-hydrogen) atoms. The molecule has 2 aliphatic rings. The standard InChI is InChI=1S/C18H27NO2/c1-3-20-16-6-4-15(5-7-16)17-12-19-13-18(21-17)10-8-14(2)9-11-18/h4-7,14,17,19H,3,8-13H2,1-2H3. The Kier molecular flexibility index (Phi) is 4.51. The van der Waals surface area contributed by atoms with Gasteiger partial charge in [-0.25, -0.2) is 0 Å². The van der Waals surface area contributed by atoms with Crippen LogP contribution in [0.15, 0.2) is 24.3 Å². The number of benzene rings is 1. The summed E-state index contributed by atoms with van der Waals surface area (Å²) < 4.78 is 12.1. The first kappa shape index (κ1) is 14.9. The lowest BCUT2D eigenvalue weighted by Gasteiger charge is -2.45. The minimum absolute atomic E-state index is 0.0635. The molecule has 0 bridgehead atoms. The molecule has 1 aromatic carbocycles. The zero-order chi connectivity index (χ0) is 14.7. The number of hydrogen-bond donors (Lipinski definition) is 1. The zero-order valence-electron chi connectivity index (χ0n) is 13.2. The minimum Gasteiger partial charge on any atom is -0.494 e. The molecule has 1 aliphatic heterocycles. The highest BCUT2D eigenvalue weighted by Gasteiger charge is 2.40. The lowest BCUT2D eigenvalue weighted by atomic mass is 9.78. The molecular weight excluding hydrogens is 262 g/mol. The van der Waals surface area contributed by atoms with Gasteiger partial charge in [-0.15, -0.1) is 0 Å². The van der Waals surface area contributed by atoms with E-state index in [9.17, 15) is 0 Å². The van der Waals surface area contributed by atoms with Crippen molar-refractivity contribution in [2.45, 2.75) is 51.2 Å². The van der Waals surface area contributed by atoms with Crippen molar-refractivity contribution in [3.8, 4) is 5.75 Å². The van der Waals surface area contributed by atoms with E-state index in [1.807, 2.05) is 19.1 Å². The maximum Gasteiger partial charge on any atom is 0.119 e. The van der Waals surface area contributed by atoms with Crippen LogP contribution in [0.3, 0.4) is 0 Å². The third-order valence-corrected chi connectivity index (χ3v) is 4.92. The Morgan fingerprint density at radius 3 is 2.62 bits per heavy atom. The minimum atomic E-state index is 0.0635. The van der Waals surface area contributed by atoms with Gasteiger partial charge >= 0.3 is 0 Å². The summed E-state index contributed by atoms with van der Waals surface area (Å²) in [5, 5.41) is 3.59. The van der Waals surface area contributed by atoms with Gasteiger partial charge in [0.25, 0.3) is 0 Å². The highest BCUT2D eigenvalue weighted by atomic mass is 16.5. The fourth-order valence-corrected chi connectivity index (χ4v) is 3.53. The fraction of sp³-hybridized carbons (Fsp3) is 0.667. The molecule has 2 fully saturated rings. The molecular formula is C18H27NO2. The molecule has 1 unspecified atom stereocenters. The summed E-state index contributed by atoms with van der Waals surface area (Å²) in [5.41, 5.74) is 1.32. The summed E-state index contributed by atoms with van der Waals surface area (Å²) in [6, 6.07) is 8.38. The second kappa shape index (κ2) is 6.37. The first-order chi connectivity index (χ1) is 10.2. The van der Waals surface area contributed by atoms with Crippen LogP contribution < -0.4 is 10.1 Å². The summed E-state index contributed by atoms with van der Waals surface area (Å²) >= 11 is 0. The van der Waals surface area contributed by atoms with Crippen molar-refractivity contribution in [3.63, 3.8) is 0 Å². The number of morpholine rings is 1. The van der Waals surface area contributed by atoms with E-state index in [0.29, 0.717) is 6.61 Å². The molecule has 3 nitrogen and oxygen atoms in total. The van der Waals surface area contributed by atoms with Crippen molar-refractivity contribution in [3.05, 3.63) is 29.8 Å². The zero-order valence-corrected chi connectivity index (χ0v) is 13.2. The van der Waals surface area contributed by atoms with Gasteiger partial charge in [0.15, 0.2) is 0 Å². The quantitative estimate of drug-likeness (QED) is 0.920. The van der Waals surface area contributed by atoms with E-state index < -0.39 is 0 Å². The van der Waals surface area contributed by atoms with Crippen LogP contribution in [-0.2, 0) is 4.74 Å². The maximum absolute atomic E-state index is 6.55. The normalized spacial score (nSPS) is 33.0. The molecule has 0 radical (unpaired) electrons. The molecule has 1 saturated heterocycles. The first-order valence-corrected chi connectivity index (χ1v) is 8.32. The van der Waals surface area contributed by atoms with Gasteiger partial charge in [0, 0.05) is 13.1 Å². The van der Waals surface area contributed by atoms with E-state index in [-0.39, 0.29) is 11.7 Å². The van der Waals surface area contributed by atoms with Gasteiger partial charge in [0.1, 0.15) is 5.75 Å². The molecule has 1 N–H and O–H groups in total. The van der Waals surface area contributed by atoms with Gasteiger partial charge in [0.2, 0.25) is 0 Å². The van der Waals surface area contributed by atoms with Crippen LogP contribution in [0.25, 0.3) is 0 Å². The Bertz CT molecular complexity index is 449. The largest absolute Gasteiger partial charge is 0.494 e. The molecule has 1 aromatic rings. The van der Waals surface area contributed by atoms with Gasteiger partial charge in [0.05, 0.1) is 18.3 Å². The van der Waals surface area contributed by atoms with E-state index in [0.717, 1.165) is 24.8 Å². The van der Waals surface area contributed by atoms with Crippen LogP contribution in [0.5, 0.6) is 5.75 Å². The lowest BCUT2D eigenvalue weighted by molar-refractivity contribution is -0.140. The Morgan fingerprint density at radius 1 is 1.24 bits per heavy atom. The third-order valence-electron chi connectivity index (χ3n) is 4.92. The predicted octanol–water partition coefficient (Wildman–Crippen LogP) is 3.70. The average Bonchev–Trinajstić information content (AvgIpc) is 2.52. The monoisotopic (exact) mass is 289 g/mol. The second-order valence-electron chi connectivity index (χ2n) is 6.60. The summed E-state index contributed by atoms with van der Waals surface area (Å²) in [6.07, 6.45) is 5.13. The Hall–Kier alpha value is -1.06. The first-order valence-electron chi connectivity index (χ1n) is 8.32. The summed E-state index contributed by atoms with van der Waals surface area (Å²) in [4.78, 5) is 0. The van der Waals surface area contributed by atoms with Crippen molar-refractivity contribution in [2.24, 2.45) is 5.92 Å². The summed E-state index contributed by atoms with van der Waals surface area (Å²) in [6.45, 7) is 6.99. The van der Waals surface area contributed by atoms with Crippen molar-refractivity contribution in [1.82, 2.24) is 5.32 Å². The predicted molar refractivity (Wildman–Crippen MR) is 84.7 cm³/mol. The molecule has 0 amide bonds. The van der Waals surface area contributed by atoms with E-state index >= 15 is 0 Å². The fourth-order valence-electron chi connectivity index (χ4n) is 3.53. The Labute approximate surface area is 128 Å². The smallest absolute Gasteiger partial charge is 0.119 e. The average molecular weight is 289 g/mol. The van der Waals surface area contributed by atoms with Gasteiger partial charge < -0.3 is 14.8 Å². The van der Waals surface area contributed by atoms with E-state index in [4.69, 9.17) is 9.47 Å². The van der Waals surface area contributed by atoms with Crippen molar-refractivity contribution < 1.29 is 9.47 Å². The summed E-state index contributed by atoms with van der Waals surface area (Å²) in [7, 11) is 0. The highest BCUT2D eigenvalue weighted by molar-refractivity contribution is 5.29. The Balaban J connectivity index is 1.68. The molecule has 1 atom stereocenters.